The third kappa shape index (κ3) is 18.0. The van der Waals surface area contributed by atoms with Crippen LogP contribution < -0.4 is 0 Å². The van der Waals surface area contributed by atoms with E-state index >= 15 is 0 Å². The lowest BCUT2D eigenvalue weighted by molar-refractivity contribution is -0.134. The summed E-state index contributed by atoms with van der Waals surface area (Å²) in [5, 5.41) is 72.7. The Labute approximate surface area is 748 Å². The van der Waals surface area contributed by atoms with Gasteiger partial charge in [0.15, 0.2) is 28.8 Å². The summed E-state index contributed by atoms with van der Waals surface area (Å²) < 4.78 is 5.32. The van der Waals surface area contributed by atoms with Gasteiger partial charge in [-0.2, -0.15) is 35.6 Å². The molecule has 4 N–H and O–H groups in total. The van der Waals surface area contributed by atoms with Crippen LogP contribution in [-0.2, 0) is 45.4 Å². The van der Waals surface area contributed by atoms with E-state index in [1.54, 1.807) is 34.1 Å². The second kappa shape index (κ2) is 36.5. The number of hydrogen-bond donors (Lipinski definition) is 4. The van der Waals surface area contributed by atoms with Crippen molar-refractivity contribution in [1.82, 2.24) is 44.3 Å². The number of nitrogens with zero attached hydrogens (tertiary/aromatic N) is 10. The number of nitriles is 1. The van der Waals surface area contributed by atoms with Crippen molar-refractivity contribution in [3.8, 4) is 6.07 Å². The van der Waals surface area contributed by atoms with E-state index in [1.807, 2.05) is 81.8 Å². The largest absolute Gasteiger partial charge is 0.390 e. The normalized spacial score (nSPS) is 46.3. The fourth-order valence-corrected chi connectivity index (χ4v) is 35.5. The second-order valence-corrected chi connectivity index (χ2v) is 47.5. The Morgan fingerprint density at radius 2 is 0.637 bits per heavy atom. The second-order valence-electron chi connectivity index (χ2n) is 47.5. The maximum atomic E-state index is 13.4. The maximum Gasteiger partial charge on any atom is 0.162 e. The van der Waals surface area contributed by atoms with E-state index in [4.69, 9.17) is 5.26 Å². The molecule has 1 unspecified atom stereocenters. The van der Waals surface area contributed by atoms with E-state index in [0.717, 1.165) is 177 Å². The zero-order valence-electron chi connectivity index (χ0n) is 76.1. The molecule has 18 nitrogen and oxygen atoms in total. The number of hydrogen-bond acceptors (Lipinski definition) is 14. The van der Waals surface area contributed by atoms with Crippen LogP contribution in [-0.4, -0.2) is 110 Å². The fraction of sp³-hybridized carbons (Fsp3) is 0.849. The molecule has 20 rings (SSSR count). The third-order valence-corrected chi connectivity index (χ3v) is 39.8. The van der Waals surface area contributed by atoms with Crippen molar-refractivity contribution in [2.45, 2.75) is 381 Å². The number of aliphatic hydroxyl groups is 4. The van der Waals surface area contributed by atoms with Crippen molar-refractivity contribution in [1.29, 1.82) is 5.26 Å². The van der Waals surface area contributed by atoms with Gasteiger partial charge in [0, 0.05) is 42.3 Å². The summed E-state index contributed by atoms with van der Waals surface area (Å²) in [6, 6.07) is 3.73. The lowest BCUT2D eigenvalue weighted by atomic mass is 9.48. The van der Waals surface area contributed by atoms with Crippen molar-refractivity contribution in [2.75, 3.05) is 0 Å². The molecule has 692 valence electrons. The molecule has 4 aromatic rings. The standard InChI is InChI=1S/C26H37N3O2.2C26H40N2O2.C24H37N3O2.4CH4/c1-16-12-22(23(30)15-29-11-8-18(14-27)28-29)26(3)10-7-20-19-6-9-25(2,31)13-17(19)4-5-21(20)24(16)26;2*1-16-13-27-28(14-16)15-23(29)22-11-17(2)24-21-6-5-18-12-25(3,30)9-7-19(18)20(21)8-10-26(22,24)4;1-15-12-20(21(28)14-27-25-10-11-26-27)24(3)9-7-18-17-6-8-23(2,29)13-16(17)4-5-19(18)22(15)24;;;;/h8,11,16-17,19-22,24,31H,4-7,9-10,12-13,15H2,1-3H3;2*13-14,17-22,24,30H,5-12,15H2,1-4H3;10-11,15-20,22,29H,4-9,12-14H2,1-3H3;4*1H4/t16-,17-,19+,20-,21-,22-,24+,25-,26-;17?,18-,19+,20-,21-,22-,24+,25-,26-;17-,18-,19+,20-,21-,22-,24+,25-,26-;15-,16-,17+,18-,19-,20-,22+,23-,24-;;;;/m1111..../s1. The molecular weight excluding hydrogens is 1540 g/mol. The summed E-state index contributed by atoms with van der Waals surface area (Å²) >= 11 is 0. The molecule has 0 bridgehead atoms. The maximum absolute atomic E-state index is 13.4. The molecule has 16 aliphatic carbocycles. The van der Waals surface area contributed by atoms with Gasteiger partial charge in [-0.15, -0.1) is 0 Å². The Bertz CT molecular complexity index is 4240. The highest BCUT2D eigenvalue weighted by molar-refractivity contribution is 5.84. The van der Waals surface area contributed by atoms with Crippen LogP contribution in [0.4, 0.5) is 0 Å². The molecule has 0 aromatic carbocycles. The molecule has 0 radical (unpaired) electrons. The van der Waals surface area contributed by atoms with E-state index < -0.39 is 22.4 Å². The molecule has 0 spiro atoms. The molecule has 18 heteroatoms. The van der Waals surface area contributed by atoms with E-state index in [2.05, 4.69) is 80.9 Å². The van der Waals surface area contributed by atoms with Crippen LogP contribution in [0.3, 0.4) is 0 Å². The van der Waals surface area contributed by atoms with Crippen molar-refractivity contribution >= 4 is 23.1 Å². The van der Waals surface area contributed by atoms with Gasteiger partial charge in [-0.3, -0.25) is 33.2 Å². The molecule has 16 fully saturated rings. The Morgan fingerprint density at radius 3 is 0.895 bits per heavy atom. The minimum Gasteiger partial charge on any atom is -0.390 e. The topological polar surface area (TPSA) is 257 Å². The van der Waals surface area contributed by atoms with E-state index in [0.29, 0.717) is 108 Å². The van der Waals surface area contributed by atoms with Gasteiger partial charge in [0.2, 0.25) is 0 Å². The SMILES string of the molecule is C.C.C.C.C[C@@H]1C[C@H](C(=O)Cn2ccc(C#N)n2)[C@@]2(C)CC[C@H]3[C@@H](CC[C@@H]4C[C@](C)(O)CC[C@@H]43)[C@H]12.C[C@@H]1C[C@H](C(=O)Cn2nccn2)[C@@]2(C)CC[C@H]3[C@@H](CC[C@@H]4C[C@](C)(O)CC[C@@H]43)[C@H]12.Cc1cnn(CC(=O)[C@H]2CC(C)[C@H]3[C@@H]4CC[C@@H]5C[C@](C)(O)CC[C@@H]5[C@H]4CC[C@]23C)c1.Cc1cnn(CC(=O)[C@H]2C[C@@H](C)[C@H]3[C@@H]4CC[C@@H]5C[C@](C)(O)CC[C@@H]5[C@H]4CC[C@@]32C)c1. The molecule has 16 saturated carbocycles. The van der Waals surface area contributed by atoms with E-state index in [9.17, 15) is 39.6 Å². The van der Waals surface area contributed by atoms with Gasteiger partial charge in [-0.25, -0.2) is 0 Å². The predicted octanol–water partition coefficient (Wildman–Crippen LogP) is 21.3. The Balaban J connectivity index is 0.000000141. The molecule has 0 amide bonds. The fourth-order valence-electron chi connectivity index (χ4n) is 35.5. The average molecular weight is 1710 g/mol. The first-order chi connectivity index (χ1) is 56.9. The van der Waals surface area contributed by atoms with Gasteiger partial charge in [-0.1, -0.05) is 85.1 Å². The number of aromatic nitrogens is 9. The van der Waals surface area contributed by atoms with E-state index in [1.165, 1.54) is 122 Å². The zero-order chi connectivity index (χ0) is 84.9. The summed E-state index contributed by atoms with van der Waals surface area (Å²) in [6.07, 6.45) is 49.7. The van der Waals surface area contributed by atoms with Crippen LogP contribution in [0.1, 0.15) is 335 Å². The molecule has 4 aromatic heterocycles. The first kappa shape index (κ1) is 96.3. The number of carbonyl (C=O) groups excluding carboxylic acids is 4. The minimum absolute atomic E-state index is 0. The first-order valence-electron chi connectivity index (χ1n) is 49.1. The number of ketones is 4. The smallest absolute Gasteiger partial charge is 0.162 e. The summed E-state index contributed by atoms with van der Waals surface area (Å²) in [5.74, 6) is 19.6. The lowest BCUT2D eigenvalue weighted by Crippen LogP contribution is -2.51. The van der Waals surface area contributed by atoms with Crippen LogP contribution in [0.5, 0.6) is 0 Å². The van der Waals surface area contributed by atoms with Gasteiger partial charge in [0.05, 0.1) is 66.8 Å². The van der Waals surface area contributed by atoms with Crippen LogP contribution in [0.25, 0.3) is 0 Å². The van der Waals surface area contributed by atoms with Gasteiger partial charge < -0.3 is 20.4 Å². The van der Waals surface area contributed by atoms with Gasteiger partial charge in [-0.05, 0) is 428 Å². The third-order valence-electron chi connectivity index (χ3n) is 39.8. The van der Waals surface area contributed by atoms with Crippen molar-refractivity contribution in [2.24, 2.45) is 187 Å². The molecule has 36 atom stereocenters. The zero-order valence-corrected chi connectivity index (χ0v) is 76.1. The summed E-state index contributed by atoms with van der Waals surface area (Å²) in [6.45, 7) is 33.1. The number of aryl methyl sites for hydroxylation is 2. The van der Waals surface area contributed by atoms with Gasteiger partial charge >= 0.3 is 0 Å². The highest BCUT2D eigenvalue weighted by Crippen LogP contribution is 2.72. The monoisotopic (exact) mass is 1710 g/mol. The highest BCUT2D eigenvalue weighted by Gasteiger charge is 2.67. The Kier molecular flexibility index (Phi) is 28.4. The number of fused-ring (bicyclic) bond motifs is 20. The van der Waals surface area contributed by atoms with Crippen LogP contribution in [0.2, 0.25) is 0 Å². The Morgan fingerprint density at radius 1 is 0.371 bits per heavy atom. The molecule has 124 heavy (non-hydrogen) atoms. The van der Waals surface area contributed by atoms with Crippen LogP contribution in [0, 0.1) is 213 Å². The molecule has 16 aliphatic rings. The van der Waals surface area contributed by atoms with Gasteiger partial charge in [0.25, 0.3) is 0 Å². The van der Waals surface area contributed by atoms with Crippen LogP contribution >= 0.6 is 0 Å². The molecular formula is C106H170N10O8. The number of Topliss-reactive ketones (excluding diaryl/α,β-unsaturated/α-hetero) is 4. The van der Waals surface area contributed by atoms with Gasteiger partial charge in [0.1, 0.15) is 12.6 Å². The number of rotatable bonds is 12. The Hall–Kier alpha value is -5.22. The number of carbonyl (C=O) groups is 4. The summed E-state index contributed by atoms with van der Waals surface area (Å²) in [5.41, 5.74) is 1.36. The first-order valence-corrected chi connectivity index (χ1v) is 49.1. The molecule has 4 heterocycles. The quantitative estimate of drug-likeness (QED) is 0.103. The summed E-state index contributed by atoms with van der Waals surface area (Å²) in [7, 11) is 0. The highest BCUT2D eigenvalue weighted by atomic mass is 16.3. The van der Waals surface area contributed by atoms with Crippen molar-refractivity contribution in [3.05, 3.63) is 66.3 Å². The average Bonchev–Trinajstić information content (AvgIpc) is 1.51. The molecule has 0 aliphatic heterocycles. The molecule has 0 saturated heterocycles. The lowest BCUT2D eigenvalue weighted by Gasteiger charge is -2.57. The minimum atomic E-state index is -0.465. The summed E-state index contributed by atoms with van der Waals surface area (Å²) in [4.78, 5) is 55.0. The van der Waals surface area contributed by atoms with Crippen LogP contribution in [0.15, 0.2) is 49.4 Å². The van der Waals surface area contributed by atoms with Crippen molar-refractivity contribution < 1.29 is 39.6 Å². The van der Waals surface area contributed by atoms with Crippen molar-refractivity contribution in [3.63, 3.8) is 0 Å². The van der Waals surface area contributed by atoms with E-state index in [-0.39, 0.29) is 81.6 Å². The predicted molar refractivity (Wildman–Crippen MR) is 491 cm³/mol.